The van der Waals surface area contributed by atoms with Gasteiger partial charge in [-0.05, 0) is 12.1 Å². The predicted octanol–water partition coefficient (Wildman–Crippen LogP) is 2.35. The van der Waals surface area contributed by atoms with Gasteiger partial charge in [0.1, 0.15) is 0 Å². The topological polar surface area (TPSA) is 52.1 Å². The summed E-state index contributed by atoms with van der Waals surface area (Å²) in [7, 11) is 0. The lowest BCUT2D eigenvalue weighted by Crippen LogP contribution is -2.03. The van der Waals surface area contributed by atoms with Crippen LogP contribution in [0.2, 0.25) is 5.02 Å². The van der Waals surface area contributed by atoms with Gasteiger partial charge in [-0.2, -0.15) is 0 Å². The SMILES string of the molecule is CC(=O)OCc1ncc2c(Cl)cccc2n1. The Kier molecular flexibility index (Phi) is 3.01. The third-order valence-corrected chi connectivity index (χ3v) is 2.36. The molecular weight excluding hydrogens is 228 g/mol. The molecule has 0 spiro atoms. The molecule has 2 rings (SSSR count). The summed E-state index contributed by atoms with van der Waals surface area (Å²) in [5, 5.41) is 1.40. The molecule has 2 aromatic rings. The van der Waals surface area contributed by atoms with Gasteiger partial charge in [0.25, 0.3) is 0 Å². The number of esters is 1. The van der Waals surface area contributed by atoms with Gasteiger partial charge >= 0.3 is 5.97 Å². The zero-order chi connectivity index (χ0) is 11.5. The Morgan fingerprint density at radius 3 is 3.06 bits per heavy atom. The van der Waals surface area contributed by atoms with Crippen molar-refractivity contribution in [1.29, 1.82) is 0 Å². The van der Waals surface area contributed by atoms with Crippen LogP contribution in [0.15, 0.2) is 24.4 Å². The standard InChI is InChI=1S/C11H9ClN2O2/c1-7(15)16-6-11-13-5-8-9(12)3-2-4-10(8)14-11/h2-5H,6H2,1H3. The fourth-order valence-corrected chi connectivity index (χ4v) is 1.51. The Bertz CT molecular complexity index is 542. The molecule has 0 aliphatic rings. The minimum Gasteiger partial charge on any atom is -0.458 e. The first-order chi connectivity index (χ1) is 7.66. The first-order valence-electron chi connectivity index (χ1n) is 4.70. The Morgan fingerprint density at radius 1 is 1.50 bits per heavy atom. The molecule has 0 N–H and O–H groups in total. The van der Waals surface area contributed by atoms with Crippen molar-refractivity contribution < 1.29 is 9.53 Å². The number of carbonyl (C=O) groups excluding carboxylic acids is 1. The highest BCUT2D eigenvalue weighted by molar-refractivity contribution is 6.35. The van der Waals surface area contributed by atoms with Gasteiger partial charge in [0.15, 0.2) is 12.4 Å². The second kappa shape index (κ2) is 4.45. The van der Waals surface area contributed by atoms with E-state index in [2.05, 4.69) is 9.97 Å². The number of nitrogens with zero attached hydrogens (tertiary/aromatic N) is 2. The van der Waals surface area contributed by atoms with Gasteiger partial charge in [-0.25, -0.2) is 9.97 Å². The lowest BCUT2D eigenvalue weighted by atomic mass is 10.2. The molecule has 0 radical (unpaired) electrons. The number of hydrogen-bond acceptors (Lipinski definition) is 4. The molecule has 4 nitrogen and oxygen atoms in total. The molecule has 1 heterocycles. The zero-order valence-electron chi connectivity index (χ0n) is 8.61. The highest BCUT2D eigenvalue weighted by atomic mass is 35.5. The minimum atomic E-state index is -0.352. The molecule has 0 fully saturated rings. The van der Waals surface area contributed by atoms with E-state index in [1.807, 2.05) is 12.1 Å². The van der Waals surface area contributed by atoms with Crippen LogP contribution in [-0.2, 0) is 16.1 Å². The van der Waals surface area contributed by atoms with Crippen molar-refractivity contribution >= 4 is 28.5 Å². The Labute approximate surface area is 97.2 Å². The molecule has 0 bridgehead atoms. The van der Waals surface area contributed by atoms with Gasteiger partial charge < -0.3 is 4.74 Å². The summed E-state index contributed by atoms with van der Waals surface area (Å²) in [4.78, 5) is 18.9. The van der Waals surface area contributed by atoms with E-state index in [-0.39, 0.29) is 12.6 Å². The minimum absolute atomic E-state index is 0.0811. The third kappa shape index (κ3) is 2.28. The fourth-order valence-electron chi connectivity index (χ4n) is 1.29. The molecule has 1 aromatic carbocycles. The average molecular weight is 237 g/mol. The van der Waals surface area contributed by atoms with Crippen LogP contribution in [0.5, 0.6) is 0 Å². The summed E-state index contributed by atoms with van der Waals surface area (Å²) in [6, 6.07) is 5.42. The van der Waals surface area contributed by atoms with Crippen molar-refractivity contribution in [1.82, 2.24) is 9.97 Å². The van der Waals surface area contributed by atoms with Crippen molar-refractivity contribution in [2.45, 2.75) is 13.5 Å². The lowest BCUT2D eigenvalue weighted by molar-refractivity contribution is -0.142. The van der Waals surface area contributed by atoms with Crippen LogP contribution in [0.1, 0.15) is 12.7 Å². The van der Waals surface area contributed by atoms with E-state index < -0.39 is 0 Å². The summed E-state index contributed by atoms with van der Waals surface area (Å²) >= 11 is 5.97. The number of carbonyl (C=O) groups is 1. The van der Waals surface area contributed by atoms with E-state index in [0.717, 1.165) is 10.9 Å². The second-order valence-corrected chi connectivity index (χ2v) is 3.65. The van der Waals surface area contributed by atoms with Gasteiger partial charge in [-0.1, -0.05) is 17.7 Å². The molecule has 82 valence electrons. The fraction of sp³-hybridized carbons (Fsp3) is 0.182. The number of benzene rings is 1. The van der Waals surface area contributed by atoms with Crippen LogP contribution in [-0.4, -0.2) is 15.9 Å². The summed E-state index contributed by atoms with van der Waals surface area (Å²) in [6.45, 7) is 1.43. The summed E-state index contributed by atoms with van der Waals surface area (Å²) in [5.41, 5.74) is 0.740. The predicted molar refractivity (Wildman–Crippen MR) is 60.0 cm³/mol. The first kappa shape index (κ1) is 10.8. The Hall–Kier alpha value is -1.68. The normalized spacial score (nSPS) is 10.4. The van der Waals surface area contributed by atoms with Crippen molar-refractivity contribution in [3.8, 4) is 0 Å². The smallest absolute Gasteiger partial charge is 0.303 e. The number of hydrogen-bond donors (Lipinski definition) is 0. The van der Waals surface area contributed by atoms with Crippen molar-refractivity contribution in [2.24, 2.45) is 0 Å². The molecule has 1 aromatic heterocycles. The Morgan fingerprint density at radius 2 is 2.31 bits per heavy atom. The summed E-state index contributed by atoms with van der Waals surface area (Å²) in [5.74, 6) is 0.111. The van der Waals surface area contributed by atoms with E-state index in [4.69, 9.17) is 16.3 Å². The van der Waals surface area contributed by atoms with Gasteiger partial charge in [0, 0.05) is 18.5 Å². The van der Waals surface area contributed by atoms with Crippen LogP contribution in [0.25, 0.3) is 10.9 Å². The molecule has 0 saturated carbocycles. The van der Waals surface area contributed by atoms with Gasteiger partial charge in [-0.3, -0.25) is 4.79 Å². The first-order valence-corrected chi connectivity index (χ1v) is 5.08. The van der Waals surface area contributed by atoms with Crippen molar-refractivity contribution in [2.75, 3.05) is 0 Å². The summed E-state index contributed by atoms with van der Waals surface area (Å²) < 4.78 is 4.81. The molecule has 16 heavy (non-hydrogen) atoms. The van der Waals surface area contributed by atoms with E-state index in [1.165, 1.54) is 6.92 Å². The lowest BCUT2D eigenvalue weighted by Gasteiger charge is -2.03. The van der Waals surface area contributed by atoms with E-state index >= 15 is 0 Å². The van der Waals surface area contributed by atoms with E-state index in [0.29, 0.717) is 10.8 Å². The third-order valence-electron chi connectivity index (χ3n) is 2.03. The van der Waals surface area contributed by atoms with Crippen molar-refractivity contribution in [3.05, 3.63) is 35.2 Å². The molecule has 5 heteroatoms. The van der Waals surface area contributed by atoms with Crippen LogP contribution in [0, 0.1) is 0 Å². The van der Waals surface area contributed by atoms with E-state index in [1.54, 1.807) is 12.3 Å². The Balaban J connectivity index is 2.33. The molecule has 0 atom stereocenters. The van der Waals surface area contributed by atoms with Crippen LogP contribution in [0.3, 0.4) is 0 Å². The van der Waals surface area contributed by atoms with Crippen LogP contribution in [0.4, 0.5) is 0 Å². The van der Waals surface area contributed by atoms with Gasteiger partial charge in [0.05, 0.1) is 10.5 Å². The molecule has 0 aliphatic carbocycles. The monoisotopic (exact) mass is 236 g/mol. The number of ether oxygens (including phenoxy) is 1. The van der Waals surface area contributed by atoms with Gasteiger partial charge in [0.2, 0.25) is 0 Å². The molecular formula is C11H9ClN2O2. The maximum Gasteiger partial charge on any atom is 0.303 e. The number of halogens is 1. The maximum absolute atomic E-state index is 10.6. The molecule has 0 unspecified atom stereocenters. The van der Waals surface area contributed by atoms with Crippen molar-refractivity contribution in [3.63, 3.8) is 0 Å². The molecule has 0 aliphatic heterocycles. The highest BCUT2D eigenvalue weighted by Gasteiger charge is 2.04. The number of fused-ring (bicyclic) bond motifs is 1. The van der Waals surface area contributed by atoms with Crippen LogP contribution >= 0.6 is 11.6 Å². The number of aromatic nitrogens is 2. The summed E-state index contributed by atoms with van der Waals surface area (Å²) in [6.07, 6.45) is 1.63. The van der Waals surface area contributed by atoms with Crippen LogP contribution < -0.4 is 0 Å². The average Bonchev–Trinajstić information content (AvgIpc) is 2.26. The largest absolute Gasteiger partial charge is 0.458 e. The maximum atomic E-state index is 10.6. The number of rotatable bonds is 2. The van der Waals surface area contributed by atoms with Gasteiger partial charge in [-0.15, -0.1) is 0 Å². The highest BCUT2D eigenvalue weighted by Crippen LogP contribution is 2.20. The quantitative estimate of drug-likeness (QED) is 0.751. The van der Waals surface area contributed by atoms with E-state index in [9.17, 15) is 4.79 Å². The molecule has 0 amide bonds. The zero-order valence-corrected chi connectivity index (χ0v) is 9.36. The second-order valence-electron chi connectivity index (χ2n) is 3.24. The molecule has 0 saturated heterocycles.